The highest BCUT2D eigenvalue weighted by molar-refractivity contribution is 6.02. The zero-order chi connectivity index (χ0) is 19.6. The van der Waals surface area contributed by atoms with Crippen molar-refractivity contribution in [2.24, 2.45) is 0 Å². The number of alkyl halides is 3. The van der Waals surface area contributed by atoms with Crippen LogP contribution in [0.4, 0.5) is 18.9 Å². The van der Waals surface area contributed by atoms with Gasteiger partial charge in [-0.2, -0.15) is 13.2 Å². The molecule has 1 heterocycles. The van der Waals surface area contributed by atoms with E-state index in [1.807, 2.05) is 0 Å². The Labute approximate surface area is 152 Å². The van der Waals surface area contributed by atoms with Gasteiger partial charge >= 0.3 is 6.18 Å². The predicted octanol–water partition coefficient (Wildman–Crippen LogP) is 5.42. The van der Waals surface area contributed by atoms with Crippen LogP contribution < -0.4 is 5.32 Å². The molecule has 3 rings (SSSR count). The van der Waals surface area contributed by atoms with Gasteiger partial charge in [-0.25, -0.2) is 0 Å². The van der Waals surface area contributed by atoms with E-state index in [2.05, 4.69) is 5.32 Å². The first kappa shape index (κ1) is 18.4. The number of hydrogen-bond donors (Lipinski definition) is 1. The topological polar surface area (TPSA) is 59.3 Å². The molecule has 0 aliphatic rings. The van der Waals surface area contributed by atoms with Gasteiger partial charge in [-0.1, -0.05) is 30.3 Å². The zero-order valence-electron chi connectivity index (χ0n) is 14.1. The summed E-state index contributed by atoms with van der Waals surface area (Å²) in [4.78, 5) is 23.5. The molecule has 0 fully saturated rings. The normalized spacial score (nSPS) is 11.3. The first-order valence-electron chi connectivity index (χ1n) is 7.94. The number of amides is 1. The van der Waals surface area contributed by atoms with E-state index in [0.717, 1.165) is 12.1 Å². The van der Waals surface area contributed by atoms with E-state index in [4.69, 9.17) is 4.42 Å². The molecule has 138 valence electrons. The van der Waals surface area contributed by atoms with Crippen molar-refractivity contribution in [1.29, 1.82) is 0 Å². The van der Waals surface area contributed by atoms with Crippen LogP contribution in [0.5, 0.6) is 0 Å². The number of halogens is 3. The standard InChI is InChI=1S/C20H14F3NO3/c1-12(25)13-5-7-14(8-6-13)17-9-10-18(27-17)19(26)24-16-4-2-3-15(11-16)20(21,22)23/h2-11H,1H3,(H,24,26). The van der Waals surface area contributed by atoms with E-state index in [0.29, 0.717) is 16.9 Å². The highest BCUT2D eigenvalue weighted by Crippen LogP contribution is 2.31. The fraction of sp³-hybridized carbons (Fsp3) is 0.100. The van der Waals surface area contributed by atoms with Gasteiger partial charge in [-0.3, -0.25) is 9.59 Å². The molecule has 0 unspecified atom stereocenters. The summed E-state index contributed by atoms with van der Waals surface area (Å²) < 4.78 is 43.7. The molecule has 4 nitrogen and oxygen atoms in total. The first-order valence-corrected chi connectivity index (χ1v) is 7.94. The van der Waals surface area contributed by atoms with Crippen LogP contribution in [0.2, 0.25) is 0 Å². The number of rotatable bonds is 4. The Morgan fingerprint density at radius 2 is 1.67 bits per heavy atom. The Kier molecular flexibility index (Phi) is 4.85. The summed E-state index contributed by atoms with van der Waals surface area (Å²) in [6, 6.07) is 14.0. The number of benzene rings is 2. The minimum Gasteiger partial charge on any atom is -0.451 e. The van der Waals surface area contributed by atoms with Crippen LogP contribution >= 0.6 is 0 Å². The van der Waals surface area contributed by atoms with Crippen LogP contribution in [-0.2, 0) is 6.18 Å². The molecule has 0 aliphatic heterocycles. The van der Waals surface area contributed by atoms with Crippen LogP contribution in [0, 0.1) is 0 Å². The summed E-state index contributed by atoms with van der Waals surface area (Å²) in [6.07, 6.45) is -4.50. The Hall–Kier alpha value is -3.35. The third-order valence-corrected chi connectivity index (χ3v) is 3.85. The summed E-state index contributed by atoms with van der Waals surface area (Å²) in [5, 5.41) is 2.38. The third kappa shape index (κ3) is 4.25. The molecule has 1 aromatic heterocycles. The van der Waals surface area contributed by atoms with Crippen molar-refractivity contribution in [1.82, 2.24) is 0 Å². The first-order chi connectivity index (χ1) is 12.7. The molecular weight excluding hydrogens is 359 g/mol. The Morgan fingerprint density at radius 3 is 2.30 bits per heavy atom. The summed E-state index contributed by atoms with van der Waals surface area (Å²) in [5.41, 5.74) is 0.371. The van der Waals surface area contributed by atoms with E-state index in [9.17, 15) is 22.8 Å². The number of Topliss-reactive ketones (excluding diaryl/α,β-unsaturated/α-hetero) is 1. The van der Waals surface area contributed by atoms with Crippen molar-refractivity contribution in [3.63, 3.8) is 0 Å². The molecule has 1 N–H and O–H groups in total. The number of furan rings is 1. The number of nitrogens with one attached hydrogen (secondary N) is 1. The molecule has 0 bridgehead atoms. The highest BCUT2D eigenvalue weighted by Gasteiger charge is 2.30. The van der Waals surface area contributed by atoms with Crippen LogP contribution in [0.15, 0.2) is 65.1 Å². The number of carbonyl (C=O) groups excluding carboxylic acids is 2. The maximum Gasteiger partial charge on any atom is 0.416 e. The van der Waals surface area contributed by atoms with Gasteiger partial charge in [0, 0.05) is 16.8 Å². The van der Waals surface area contributed by atoms with Crippen LogP contribution in [0.25, 0.3) is 11.3 Å². The number of hydrogen-bond acceptors (Lipinski definition) is 3. The lowest BCUT2D eigenvalue weighted by Gasteiger charge is -2.09. The van der Waals surface area contributed by atoms with Gasteiger partial charge in [0.05, 0.1) is 5.56 Å². The van der Waals surface area contributed by atoms with Crippen molar-refractivity contribution < 1.29 is 27.2 Å². The lowest BCUT2D eigenvalue weighted by atomic mass is 10.1. The quantitative estimate of drug-likeness (QED) is 0.621. The molecular formula is C20H14F3NO3. The van der Waals surface area contributed by atoms with Gasteiger partial charge < -0.3 is 9.73 Å². The van der Waals surface area contributed by atoms with Crippen molar-refractivity contribution in [3.8, 4) is 11.3 Å². The monoisotopic (exact) mass is 373 g/mol. The maximum absolute atomic E-state index is 12.7. The van der Waals surface area contributed by atoms with Gasteiger partial charge in [0.25, 0.3) is 5.91 Å². The molecule has 3 aromatic rings. The molecule has 27 heavy (non-hydrogen) atoms. The van der Waals surface area contributed by atoms with E-state index >= 15 is 0 Å². The molecule has 0 atom stereocenters. The van der Waals surface area contributed by atoms with E-state index in [1.165, 1.54) is 25.1 Å². The van der Waals surface area contributed by atoms with Crippen LogP contribution in [-0.4, -0.2) is 11.7 Å². The molecule has 0 aliphatic carbocycles. The molecule has 0 saturated carbocycles. The van der Waals surface area contributed by atoms with E-state index in [1.54, 1.807) is 30.3 Å². The molecule has 2 aromatic carbocycles. The summed E-state index contributed by atoms with van der Waals surface area (Å²) in [6.45, 7) is 1.46. The summed E-state index contributed by atoms with van der Waals surface area (Å²) in [7, 11) is 0. The highest BCUT2D eigenvalue weighted by atomic mass is 19.4. The SMILES string of the molecule is CC(=O)c1ccc(-c2ccc(C(=O)Nc3cccc(C(F)(F)F)c3)o2)cc1. The van der Waals surface area contributed by atoms with Crippen molar-refractivity contribution in [2.75, 3.05) is 5.32 Å². The van der Waals surface area contributed by atoms with Gasteiger partial charge in [-0.05, 0) is 37.3 Å². The molecule has 0 radical (unpaired) electrons. The van der Waals surface area contributed by atoms with Crippen LogP contribution in [0.3, 0.4) is 0 Å². The number of ketones is 1. The average Bonchev–Trinajstić information content (AvgIpc) is 3.11. The zero-order valence-corrected chi connectivity index (χ0v) is 14.1. The second-order valence-electron chi connectivity index (χ2n) is 5.83. The van der Waals surface area contributed by atoms with Gasteiger partial charge in [-0.15, -0.1) is 0 Å². The third-order valence-electron chi connectivity index (χ3n) is 3.85. The largest absolute Gasteiger partial charge is 0.451 e. The van der Waals surface area contributed by atoms with Crippen molar-refractivity contribution in [3.05, 3.63) is 77.6 Å². The minimum absolute atomic E-state index is 0.0126. The van der Waals surface area contributed by atoms with E-state index in [-0.39, 0.29) is 17.2 Å². The van der Waals surface area contributed by atoms with Crippen molar-refractivity contribution in [2.45, 2.75) is 13.1 Å². The maximum atomic E-state index is 12.7. The molecule has 7 heteroatoms. The fourth-order valence-electron chi connectivity index (χ4n) is 2.45. The van der Waals surface area contributed by atoms with Gasteiger partial charge in [0.1, 0.15) is 5.76 Å². The Morgan fingerprint density at radius 1 is 0.963 bits per heavy atom. The Balaban J connectivity index is 1.76. The van der Waals surface area contributed by atoms with Gasteiger partial charge in [0.2, 0.25) is 0 Å². The van der Waals surface area contributed by atoms with Gasteiger partial charge in [0.15, 0.2) is 11.5 Å². The van der Waals surface area contributed by atoms with Crippen molar-refractivity contribution >= 4 is 17.4 Å². The molecule has 0 saturated heterocycles. The smallest absolute Gasteiger partial charge is 0.416 e. The lowest BCUT2D eigenvalue weighted by molar-refractivity contribution is -0.137. The number of carbonyl (C=O) groups is 2. The summed E-state index contributed by atoms with van der Waals surface area (Å²) >= 11 is 0. The lowest BCUT2D eigenvalue weighted by Crippen LogP contribution is -2.12. The van der Waals surface area contributed by atoms with Crippen LogP contribution in [0.1, 0.15) is 33.4 Å². The second-order valence-corrected chi connectivity index (χ2v) is 5.83. The second kappa shape index (κ2) is 7.11. The van der Waals surface area contributed by atoms with E-state index < -0.39 is 17.6 Å². The average molecular weight is 373 g/mol. The Bertz CT molecular complexity index is 988. The molecule has 0 spiro atoms. The number of anilines is 1. The fourth-order valence-corrected chi connectivity index (χ4v) is 2.45. The summed E-state index contributed by atoms with van der Waals surface area (Å²) in [5.74, 6) is -0.375. The minimum atomic E-state index is -4.50. The predicted molar refractivity (Wildman–Crippen MR) is 93.5 cm³/mol. The molecule has 1 amide bonds.